The Morgan fingerprint density at radius 2 is 1.90 bits per heavy atom. The van der Waals surface area contributed by atoms with Crippen LogP contribution in [0.2, 0.25) is 0 Å². The van der Waals surface area contributed by atoms with Crippen LogP contribution < -0.4 is 10.9 Å². The quantitative estimate of drug-likeness (QED) is 0.444. The van der Waals surface area contributed by atoms with E-state index >= 15 is 0 Å². The van der Waals surface area contributed by atoms with Crippen LogP contribution in [0.1, 0.15) is 28.1 Å². The number of hydrogen-bond donors (Lipinski definition) is 3. The maximum absolute atomic E-state index is 12.4. The van der Waals surface area contributed by atoms with Crippen molar-refractivity contribution in [2.75, 3.05) is 31.7 Å². The molecule has 0 spiro atoms. The molecule has 0 bridgehead atoms. The van der Waals surface area contributed by atoms with Gasteiger partial charge in [-0.2, -0.15) is 11.8 Å². The highest BCUT2D eigenvalue weighted by atomic mass is 32.2. The highest BCUT2D eigenvalue weighted by Gasteiger charge is 2.05. The summed E-state index contributed by atoms with van der Waals surface area (Å²) in [5.41, 5.74) is 5.12. The number of aromatic nitrogens is 4. The van der Waals surface area contributed by atoms with Gasteiger partial charge in [-0.25, -0.2) is 9.97 Å². The summed E-state index contributed by atoms with van der Waals surface area (Å²) in [6.07, 6.45) is 3.96. The van der Waals surface area contributed by atoms with Gasteiger partial charge >= 0.3 is 0 Å². The third-order valence-electron chi connectivity index (χ3n) is 4.50. The molecule has 0 aliphatic heterocycles. The molecule has 0 radical (unpaired) electrons. The lowest BCUT2D eigenvalue weighted by Crippen LogP contribution is -2.18. The summed E-state index contributed by atoms with van der Waals surface area (Å²) in [4.78, 5) is 29.1. The summed E-state index contributed by atoms with van der Waals surface area (Å²) in [5.74, 6) is 2.28. The number of hydrogen-bond acceptors (Lipinski definition) is 6. The predicted octanol–water partition coefficient (Wildman–Crippen LogP) is 2.80. The Labute approximate surface area is 175 Å². The number of nitrogens with one attached hydrogen (secondary N) is 3. The van der Waals surface area contributed by atoms with Crippen molar-refractivity contribution >= 4 is 17.7 Å². The minimum absolute atomic E-state index is 0.0975. The first-order valence-electron chi connectivity index (χ1n) is 9.62. The molecule has 3 N–H and O–H groups in total. The van der Waals surface area contributed by atoms with Crippen molar-refractivity contribution in [2.24, 2.45) is 0 Å². The molecule has 3 rings (SSSR count). The summed E-state index contributed by atoms with van der Waals surface area (Å²) in [5, 5.41) is 3.18. The van der Waals surface area contributed by atoms with E-state index < -0.39 is 0 Å². The molecule has 0 aliphatic carbocycles. The van der Waals surface area contributed by atoms with Crippen molar-refractivity contribution in [2.45, 2.75) is 25.6 Å². The Bertz CT molecular complexity index is 964. The van der Waals surface area contributed by atoms with Gasteiger partial charge in [0, 0.05) is 48.5 Å². The number of aryl methyl sites for hydroxylation is 1. The van der Waals surface area contributed by atoms with Crippen LogP contribution in [0.3, 0.4) is 0 Å². The van der Waals surface area contributed by atoms with Crippen LogP contribution in [0.15, 0.2) is 41.6 Å². The molecule has 0 amide bonds. The third-order valence-corrected chi connectivity index (χ3v) is 5.47. The number of H-pyrrole nitrogens is 2. The average Bonchev–Trinajstić information content (AvgIpc) is 3.09. The molecule has 154 valence electrons. The van der Waals surface area contributed by atoms with Gasteiger partial charge in [-0.3, -0.25) is 9.78 Å². The van der Waals surface area contributed by atoms with Crippen LogP contribution in [0.5, 0.6) is 0 Å². The molecule has 0 atom stereocenters. The van der Waals surface area contributed by atoms with Gasteiger partial charge in [-0.05, 0) is 32.1 Å². The third kappa shape index (κ3) is 6.47. The molecule has 2 heterocycles. The summed E-state index contributed by atoms with van der Waals surface area (Å²) >= 11 is 1.79. The van der Waals surface area contributed by atoms with E-state index in [4.69, 9.17) is 0 Å². The zero-order valence-electron chi connectivity index (χ0n) is 17.2. The summed E-state index contributed by atoms with van der Waals surface area (Å²) in [7, 11) is 4.10. The molecule has 1 aromatic carbocycles. The molecule has 0 saturated carbocycles. The first kappa shape index (κ1) is 21.1. The summed E-state index contributed by atoms with van der Waals surface area (Å²) in [6.45, 7) is 3.65. The summed E-state index contributed by atoms with van der Waals surface area (Å²) < 4.78 is 0. The van der Waals surface area contributed by atoms with Crippen LogP contribution in [0.25, 0.3) is 0 Å². The number of aromatic amines is 2. The normalized spacial score (nSPS) is 11.2. The predicted molar refractivity (Wildman–Crippen MR) is 119 cm³/mol. The number of imidazole rings is 1. The fourth-order valence-electron chi connectivity index (χ4n) is 2.93. The fourth-order valence-corrected chi connectivity index (χ4v) is 3.80. The molecular weight excluding hydrogens is 384 g/mol. The van der Waals surface area contributed by atoms with Gasteiger partial charge in [-0.15, -0.1) is 0 Å². The second kappa shape index (κ2) is 10.3. The molecule has 2 aromatic heterocycles. The highest BCUT2D eigenvalue weighted by molar-refractivity contribution is 7.98. The lowest BCUT2D eigenvalue weighted by Gasteiger charge is -2.10. The van der Waals surface area contributed by atoms with E-state index in [1.165, 1.54) is 5.56 Å². The second-order valence-corrected chi connectivity index (χ2v) is 8.38. The van der Waals surface area contributed by atoms with Crippen molar-refractivity contribution in [3.05, 3.63) is 75.2 Å². The second-order valence-electron chi connectivity index (χ2n) is 7.27. The van der Waals surface area contributed by atoms with Gasteiger partial charge < -0.3 is 15.2 Å². The number of anilines is 1. The van der Waals surface area contributed by atoms with Gasteiger partial charge in [0.15, 0.2) is 0 Å². The zero-order chi connectivity index (χ0) is 20.6. The van der Waals surface area contributed by atoms with E-state index in [-0.39, 0.29) is 5.56 Å². The SMILES string of the molecule is Cc1[nH]cnc1CSCCNc1ncc(Cc2ccc(CN(C)C)cc2)c(=O)[nH]1. The fraction of sp³-hybridized carbons (Fsp3) is 0.381. The maximum Gasteiger partial charge on any atom is 0.255 e. The molecule has 0 fully saturated rings. The number of benzene rings is 1. The van der Waals surface area contributed by atoms with Gasteiger partial charge in [0.25, 0.3) is 5.56 Å². The van der Waals surface area contributed by atoms with Gasteiger partial charge in [0.1, 0.15) is 0 Å². The molecule has 8 heteroatoms. The van der Waals surface area contributed by atoms with Gasteiger partial charge in [-0.1, -0.05) is 24.3 Å². The zero-order valence-corrected chi connectivity index (χ0v) is 18.0. The van der Waals surface area contributed by atoms with E-state index in [9.17, 15) is 4.79 Å². The summed E-state index contributed by atoms with van der Waals surface area (Å²) in [6, 6.07) is 8.36. The van der Waals surface area contributed by atoms with Crippen molar-refractivity contribution in [3.8, 4) is 0 Å². The maximum atomic E-state index is 12.4. The number of thioether (sulfide) groups is 1. The van der Waals surface area contributed by atoms with E-state index in [1.807, 2.05) is 21.0 Å². The minimum atomic E-state index is -0.0975. The van der Waals surface area contributed by atoms with Crippen molar-refractivity contribution < 1.29 is 0 Å². The molecule has 29 heavy (non-hydrogen) atoms. The van der Waals surface area contributed by atoms with Crippen LogP contribution in [0.4, 0.5) is 5.95 Å². The smallest absolute Gasteiger partial charge is 0.255 e. The van der Waals surface area contributed by atoms with Gasteiger partial charge in [0.2, 0.25) is 5.95 Å². The minimum Gasteiger partial charge on any atom is -0.355 e. The lowest BCUT2D eigenvalue weighted by atomic mass is 10.1. The largest absolute Gasteiger partial charge is 0.355 e. The van der Waals surface area contributed by atoms with Crippen molar-refractivity contribution in [1.82, 2.24) is 24.8 Å². The Kier molecular flexibility index (Phi) is 7.48. The molecular formula is C21H28N6OS. The first-order valence-corrected chi connectivity index (χ1v) is 10.8. The van der Waals surface area contributed by atoms with Crippen LogP contribution in [-0.4, -0.2) is 51.2 Å². The first-order chi connectivity index (χ1) is 14.0. The number of nitrogens with zero attached hydrogens (tertiary/aromatic N) is 3. The molecule has 7 nitrogen and oxygen atoms in total. The Morgan fingerprint density at radius 1 is 1.14 bits per heavy atom. The average molecular weight is 413 g/mol. The van der Waals surface area contributed by atoms with E-state index in [0.29, 0.717) is 17.9 Å². The van der Waals surface area contributed by atoms with E-state index in [2.05, 4.69) is 54.4 Å². The Balaban J connectivity index is 1.47. The standard InChI is InChI=1S/C21H28N6OS/c1-15-19(25-14-24-15)13-29-9-8-22-21-23-11-18(20(28)26-21)10-16-4-6-17(7-5-16)12-27(2)3/h4-7,11,14H,8-10,12-13H2,1-3H3,(H,24,25)(H2,22,23,26,28). The highest BCUT2D eigenvalue weighted by Crippen LogP contribution is 2.12. The topological polar surface area (TPSA) is 89.7 Å². The molecule has 0 saturated heterocycles. The van der Waals surface area contributed by atoms with Crippen molar-refractivity contribution in [3.63, 3.8) is 0 Å². The Morgan fingerprint density at radius 3 is 2.55 bits per heavy atom. The molecule has 3 aromatic rings. The van der Waals surface area contributed by atoms with Crippen molar-refractivity contribution in [1.29, 1.82) is 0 Å². The van der Waals surface area contributed by atoms with Crippen LogP contribution in [0, 0.1) is 6.92 Å². The monoisotopic (exact) mass is 412 g/mol. The lowest BCUT2D eigenvalue weighted by molar-refractivity contribution is 0.402. The number of rotatable bonds is 10. The van der Waals surface area contributed by atoms with Crippen LogP contribution in [-0.2, 0) is 18.7 Å². The van der Waals surface area contributed by atoms with Gasteiger partial charge in [0.05, 0.1) is 12.0 Å². The van der Waals surface area contributed by atoms with Crippen LogP contribution >= 0.6 is 11.8 Å². The molecule has 0 unspecified atom stereocenters. The van der Waals surface area contributed by atoms with E-state index in [0.717, 1.165) is 41.5 Å². The Hall–Kier alpha value is -2.58. The van der Waals surface area contributed by atoms with E-state index in [1.54, 1.807) is 24.3 Å². The molecule has 0 aliphatic rings.